The second kappa shape index (κ2) is 31.7. The zero-order valence-corrected chi connectivity index (χ0v) is 38.4. The standard InChI is InChI=1S/C19H22N2.2C16H24O4.Ni/c1-2-3-6-15-19(21-18-13-9-5-10-14-18)16-20-17-11-7-4-8-12-17;2*1-3-5-7-8-11-10-13(17)15(18)14(16(19)20)12(11)9-6-4-2;/h4-5,7-14,16H,2-3,6,15H2,1H3;2*10,17-18H,3-9H2,1-2H3,(H,19,20);/q;;;+2/p-2. The number of carboxylic acid groups (broad SMARTS) is 2. The molecule has 0 heterocycles. The Morgan fingerprint density at radius 2 is 0.935 bits per heavy atom. The number of para-hydroxylation sites is 2. The number of aliphatic imine (C=N–C) groups is 2. The summed E-state index contributed by atoms with van der Waals surface area (Å²) in [6.07, 6.45) is 18.7. The fraction of sp³-hybridized carbons (Fsp3) is 0.451. The molecule has 0 fully saturated rings. The maximum atomic E-state index is 11.8. The minimum Gasteiger partial charge on any atom is -0.869 e. The third kappa shape index (κ3) is 19.3. The molecule has 0 bridgehead atoms. The van der Waals surface area contributed by atoms with Gasteiger partial charge in [-0.1, -0.05) is 134 Å². The van der Waals surface area contributed by atoms with Gasteiger partial charge < -0.3 is 30.6 Å². The summed E-state index contributed by atoms with van der Waals surface area (Å²) in [5.74, 6) is -4.91. The molecule has 340 valence electrons. The van der Waals surface area contributed by atoms with Crippen molar-refractivity contribution in [2.45, 2.75) is 150 Å². The van der Waals surface area contributed by atoms with Gasteiger partial charge >= 0.3 is 28.4 Å². The van der Waals surface area contributed by atoms with Crippen LogP contribution in [-0.4, -0.2) is 44.3 Å². The summed E-state index contributed by atoms with van der Waals surface area (Å²) in [7, 11) is 0. The number of hydrogen-bond donors (Lipinski definition) is 4. The number of carbonyl (C=O) groups is 2. The number of rotatable bonds is 23. The Hall–Kier alpha value is -5.15. The fourth-order valence-corrected chi connectivity index (χ4v) is 6.83. The molecular weight excluding hydrogens is 827 g/mol. The molecule has 11 heteroatoms. The molecule has 0 aromatic heterocycles. The van der Waals surface area contributed by atoms with Crippen molar-refractivity contribution >= 4 is 35.2 Å². The molecule has 0 radical (unpaired) electrons. The molecule has 0 unspecified atom stereocenters. The normalized spacial score (nSPS) is 11.0. The van der Waals surface area contributed by atoms with Crippen LogP contribution in [-0.2, 0) is 42.2 Å². The number of phenols is 2. The molecule has 0 aliphatic carbocycles. The summed E-state index contributed by atoms with van der Waals surface area (Å²) < 4.78 is 0. The summed E-state index contributed by atoms with van der Waals surface area (Å²) in [5, 5.41) is 61.5. The number of carboxylic acids is 2. The zero-order valence-electron chi connectivity index (χ0n) is 37.4. The Morgan fingerprint density at radius 3 is 1.32 bits per heavy atom. The van der Waals surface area contributed by atoms with Crippen LogP contribution in [0.4, 0.5) is 11.4 Å². The Balaban J connectivity index is 0.000000462. The van der Waals surface area contributed by atoms with E-state index >= 15 is 0 Å². The molecule has 4 aromatic carbocycles. The molecule has 4 rings (SSSR count). The van der Waals surface area contributed by atoms with E-state index in [0.717, 1.165) is 105 Å². The van der Waals surface area contributed by atoms with Gasteiger partial charge in [-0.05, 0) is 123 Å². The number of aryl methyl sites for hydroxylation is 2. The average Bonchev–Trinajstić information content (AvgIpc) is 3.25. The molecule has 0 amide bonds. The van der Waals surface area contributed by atoms with Gasteiger partial charge in [0.1, 0.15) is 11.5 Å². The molecular formula is C51H68N2NiO8. The van der Waals surface area contributed by atoms with E-state index in [1.807, 2.05) is 80.7 Å². The number of aromatic hydroxyl groups is 2. The van der Waals surface area contributed by atoms with Gasteiger partial charge in [-0.2, -0.15) is 0 Å². The van der Waals surface area contributed by atoms with Crippen molar-refractivity contribution in [1.29, 1.82) is 0 Å². The van der Waals surface area contributed by atoms with Gasteiger partial charge in [0.15, 0.2) is 0 Å². The first-order chi connectivity index (χ1) is 29.4. The summed E-state index contributed by atoms with van der Waals surface area (Å²) in [6, 6.07) is 23.0. The third-order valence-electron chi connectivity index (χ3n) is 10.2. The smallest absolute Gasteiger partial charge is 0.869 e. The van der Waals surface area contributed by atoms with E-state index in [2.05, 4.69) is 25.8 Å². The molecule has 0 atom stereocenters. The van der Waals surface area contributed by atoms with E-state index in [9.17, 15) is 40.2 Å². The molecule has 0 saturated carbocycles. The van der Waals surface area contributed by atoms with Crippen LogP contribution < -0.4 is 10.2 Å². The third-order valence-corrected chi connectivity index (χ3v) is 10.2. The number of phenolic OH excluding ortho intramolecular Hbond substituents is 2. The van der Waals surface area contributed by atoms with E-state index < -0.39 is 34.9 Å². The van der Waals surface area contributed by atoms with Crippen molar-refractivity contribution in [1.82, 2.24) is 0 Å². The van der Waals surface area contributed by atoms with Crippen molar-refractivity contribution in [3.05, 3.63) is 106 Å². The van der Waals surface area contributed by atoms with E-state index in [4.69, 9.17) is 4.99 Å². The molecule has 4 N–H and O–H groups in total. The number of aromatic carboxylic acids is 2. The molecule has 4 aromatic rings. The van der Waals surface area contributed by atoms with Crippen LogP contribution in [0.1, 0.15) is 167 Å². The molecule has 62 heavy (non-hydrogen) atoms. The Bertz CT molecular complexity index is 1880. The fourth-order valence-electron chi connectivity index (χ4n) is 6.83. The number of hydrogen-bond acceptors (Lipinski definition) is 8. The Labute approximate surface area is 379 Å². The molecule has 0 spiro atoms. The van der Waals surface area contributed by atoms with Gasteiger partial charge in [-0.15, -0.1) is 0 Å². The SMILES string of the molecule is CCCCCC(C=Nc1ccccc1)=Nc1ccccc1.CCCCCc1cc(O)c([O-])c(C(=O)O)c1CCCC.CCCCCc1cc(O)c([O-])c(C(=O)O)c1CCCC.[Ni+2]. The van der Waals surface area contributed by atoms with Crippen LogP contribution in [0.15, 0.2) is 82.8 Å². The van der Waals surface area contributed by atoms with E-state index in [1.54, 1.807) is 0 Å². The van der Waals surface area contributed by atoms with E-state index in [-0.39, 0.29) is 27.6 Å². The molecule has 10 nitrogen and oxygen atoms in total. The van der Waals surface area contributed by atoms with Crippen molar-refractivity contribution in [3.8, 4) is 23.0 Å². The summed E-state index contributed by atoms with van der Waals surface area (Å²) >= 11 is 0. The largest absolute Gasteiger partial charge is 2.00 e. The second-order valence-electron chi connectivity index (χ2n) is 15.2. The summed E-state index contributed by atoms with van der Waals surface area (Å²) in [6.45, 7) is 10.5. The zero-order chi connectivity index (χ0) is 45.0. The topological polar surface area (TPSA) is 186 Å². The van der Waals surface area contributed by atoms with E-state index in [1.165, 1.54) is 25.0 Å². The Kier molecular flexibility index (Phi) is 28.0. The predicted octanol–water partition coefficient (Wildman–Crippen LogP) is 12.2. The minimum absolute atomic E-state index is 0. The van der Waals surface area contributed by atoms with Gasteiger partial charge in [0.25, 0.3) is 0 Å². The number of unbranched alkanes of at least 4 members (excludes halogenated alkanes) is 8. The van der Waals surface area contributed by atoms with Crippen LogP contribution in [0.2, 0.25) is 0 Å². The van der Waals surface area contributed by atoms with Gasteiger partial charge in [0.2, 0.25) is 0 Å². The summed E-state index contributed by atoms with van der Waals surface area (Å²) in [4.78, 5) is 31.9. The predicted molar refractivity (Wildman–Crippen MR) is 245 cm³/mol. The quantitative estimate of drug-likeness (QED) is 0.0322. The van der Waals surface area contributed by atoms with Crippen LogP contribution >= 0.6 is 0 Å². The summed E-state index contributed by atoms with van der Waals surface area (Å²) in [5.41, 5.74) is 5.34. The molecule has 0 aliphatic heterocycles. The monoisotopic (exact) mass is 894 g/mol. The van der Waals surface area contributed by atoms with Crippen LogP contribution in [0.3, 0.4) is 0 Å². The van der Waals surface area contributed by atoms with Gasteiger partial charge in [-0.25, -0.2) is 9.59 Å². The maximum Gasteiger partial charge on any atom is 2.00 e. The van der Waals surface area contributed by atoms with Crippen LogP contribution in [0.5, 0.6) is 23.0 Å². The number of nitrogens with zero attached hydrogens (tertiary/aromatic N) is 2. The van der Waals surface area contributed by atoms with Crippen molar-refractivity contribution in [2.75, 3.05) is 0 Å². The molecule has 0 saturated heterocycles. The van der Waals surface area contributed by atoms with Crippen LogP contribution in [0, 0.1) is 0 Å². The first-order valence-corrected chi connectivity index (χ1v) is 22.2. The maximum absolute atomic E-state index is 11.8. The van der Waals surface area contributed by atoms with Gasteiger partial charge in [0, 0.05) is 6.21 Å². The molecule has 0 aliphatic rings. The van der Waals surface area contributed by atoms with Crippen molar-refractivity contribution < 1.29 is 56.7 Å². The second-order valence-corrected chi connectivity index (χ2v) is 15.2. The first-order valence-electron chi connectivity index (χ1n) is 22.2. The van der Waals surface area contributed by atoms with Gasteiger partial charge in [0.05, 0.1) is 28.2 Å². The minimum atomic E-state index is -1.24. The first kappa shape index (κ1) is 54.9. The number of benzene rings is 4. The van der Waals surface area contributed by atoms with E-state index in [0.29, 0.717) is 36.8 Å². The van der Waals surface area contributed by atoms with Crippen LogP contribution in [0.25, 0.3) is 0 Å². The van der Waals surface area contributed by atoms with Crippen molar-refractivity contribution in [2.24, 2.45) is 9.98 Å². The van der Waals surface area contributed by atoms with Gasteiger partial charge in [-0.3, -0.25) is 9.98 Å². The average molecular weight is 896 g/mol. The Morgan fingerprint density at radius 1 is 0.548 bits per heavy atom. The van der Waals surface area contributed by atoms with Crippen molar-refractivity contribution in [3.63, 3.8) is 0 Å².